The highest BCUT2D eigenvalue weighted by Crippen LogP contribution is 2.37. The minimum atomic E-state index is -1.25. The molecule has 1 saturated heterocycles. The zero-order valence-corrected chi connectivity index (χ0v) is 36.7. The molecule has 7 aromatic rings. The molecule has 66 heavy (non-hydrogen) atoms. The Hall–Kier alpha value is -8.03. The van der Waals surface area contributed by atoms with Crippen molar-refractivity contribution in [3.63, 3.8) is 0 Å². The molecule has 1 aliphatic heterocycles. The molecule has 1 aliphatic rings. The van der Waals surface area contributed by atoms with Crippen LogP contribution in [0.1, 0.15) is 73.5 Å². The summed E-state index contributed by atoms with van der Waals surface area (Å²) in [6.07, 6.45) is 6.02. The molecule has 0 spiro atoms. The highest BCUT2D eigenvalue weighted by Gasteiger charge is 2.27. The van der Waals surface area contributed by atoms with Crippen LogP contribution in [0, 0.1) is 5.92 Å². The number of aromatic amines is 1. The molecular weight excluding hydrogens is 847 g/mol. The lowest BCUT2D eigenvalue weighted by molar-refractivity contribution is -0.139. The summed E-state index contributed by atoms with van der Waals surface area (Å²) in [7, 11) is 1.84. The first-order valence-electron chi connectivity index (χ1n) is 21.6. The summed E-state index contributed by atoms with van der Waals surface area (Å²) >= 11 is 0. The van der Waals surface area contributed by atoms with Gasteiger partial charge in [-0.05, 0) is 97.7 Å². The van der Waals surface area contributed by atoms with Gasteiger partial charge in [0.2, 0.25) is 11.9 Å². The summed E-state index contributed by atoms with van der Waals surface area (Å²) in [5, 5.41) is 41.2. The van der Waals surface area contributed by atoms with Crippen LogP contribution < -0.4 is 27.4 Å². The fourth-order valence-electron chi connectivity index (χ4n) is 8.45. The molecule has 342 valence electrons. The van der Waals surface area contributed by atoms with Crippen LogP contribution in [0.15, 0.2) is 77.9 Å². The fraction of sp³-hybridized carbons (Fsp3) is 0.326. The van der Waals surface area contributed by atoms with Crippen molar-refractivity contribution in [2.24, 2.45) is 5.92 Å². The number of nitrogens with two attached hydrogens (primary N) is 2. The number of fused-ring (bicyclic) bond motifs is 2. The molecule has 0 saturated carbocycles. The van der Waals surface area contributed by atoms with Gasteiger partial charge in [-0.15, -0.1) is 0 Å². The number of carboxylic acid groups (broad SMARTS) is 1. The lowest BCUT2D eigenvalue weighted by atomic mass is 9.93. The van der Waals surface area contributed by atoms with Gasteiger partial charge >= 0.3 is 11.7 Å². The van der Waals surface area contributed by atoms with E-state index in [1.165, 1.54) is 10.6 Å². The minimum absolute atomic E-state index is 0.00930. The van der Waals surface area contributed by atoms with E-state index in [9.17, 15) is 34.5 Å². The lowest BCUT2D eigenvalue weighted by Gasteiger charge is -2.32. The molecule has 0 bridgehead atoms. The van der Waals surface area contributed by atoms with Crippen molar-refractivity contribution in [3.8, 4) is 28.6 Å². The van der Waals surface area contributed by atoms with Crippen LogP contribution in [0.4, 0.5) is 17.5 Å². The highest BCUT2D eigenvalue weighted by atomic mass is 16.4. The van der Waals surface area contributed by atoms with Gasteiger partial charge in [0.15, 0.2) is 22.8 Å². The number of benzene rings is 3. The van der Waals surface area contributed by atoms with E-state index < -0.39 is 23.6 Å². The van der Waals surface area contributed by atoms with Crippen molar-refractivity contribution < 1.29 is 29.7 Å². The number of nitrogen functional groups attached to an aromatic ring is 2. The second-order valence-corrected chi connectivity index (χ2v) is 16.9. The number of rotatable bonds is 15. The molecule has 4 aromatic heterocycles. The number of aryl methyl sites for hydroxylation is 1. The van der Waals surface area contributed by atoms with Gasteiger partial charge in [0.25, 0.3) is 5.91 Å². The van der Waals surface area contributed by atoms with Gasteiger partial charge in [0, 0.05) is 67.5 Å². The molecule has 8 rings (SSSR count). The van der Waals surface area contributed by atoms with Crippen LogP contribution in [-0.2, 0) is 22.7 Å². The van der Waals surface area contributed by atoms with E-state index in [2.05, 4.69) is 40.0 Å². The normalized spacial score (nSPS) is 13.7. The van der Waals surface area contributed by atoms with Crippen LogP contribution in [0.5, 0.6) is 11.5 Å². The van der Waals surface area contributed by atoms with Crippen molar-refractivity contribution in [3.05, 3.63) is 100 Å². The number of phenolic OH excluding ortho intramolecular Hbond substituents is 2. The summed E-state index contributed by atoms with van der Waals surface area (Å²) in [5.41, 5.74) is 15.9. The van der Waals surface area contributed by atoms with Gasteiger partial charge in [-0.25, -0.2) is 29.2 Å². The number of anilines is 3. The second kappa shape index (κ2) is 18.6. The minimum Gasteiger partial charge on any atom is -0.508 e. The van der Waals surface area contributed by atoms with Crippen LogP contribution in [0.3, 0.4) is 0 Å². The van der Waals surface area contributed by atoms with Crippen LogP contribution >= 0.6 is 0 Å². The predicted molar refractivity (Wildman–Crippen MR) is 247 cm³/mol. The number of aromatic hydroxyl groups is 2. The van der Waals surface area contributed by atoms with Crippen molar-refractivity contribution in [2.75, 3.05) is 36.5 Å². The smallest absolute Gasteiger partial charge is 0.348 e. The number of amides is 2. The van der Waals surface area contributed by atoms with Gasteiger partial charge in [-0.3, -0.25) is 9.59 Å². The number of nitrogens with zero attached hydrogens (tertiary/aromatic N) is 9. The molecular formula is C46H51N13O7. The maximum Gasteiger partial charge on any atom is 0.348 e. The largest absolute Gasteiger partial charge is 0.508 e. The molecule has 5 heterocycles. The fourth-order valence-corrected chi connectivity index (χ4v) is 8.45. The van der Waals surface area contributed by atoms with E-state index in [1.807, 2.05) is 56.3 Å². The van der Waals surface area contributed by atoms with Crippen LogP contribution in [0.25, 0.3) is 39.1 Å². The number of piperidine rings is 1. The van der Waals surface area contributed by atoms with Gasteiger partial charge in [-0.1, -0.05) is 13.8 Å². The monoisotopic (exact) mass is 897 g/mol. The lowest BCUT2D eigenvalue weighted by Crippen LogP contribution is -2.43. The zero-order chi connectivity index (χ0) is 46.8. The van der Waals surface area contributed by atoms with Gasteiger partial charge in [-0.2, -0.15) is 15.1 Å². The average Bonchev–Trinajstić information content (AvgIpc) is 3.89. The Morgan fingerprint density at radius 3 is 2.45 bits per heavy atom. The third-order valence-electron chi connectivity index (χ3n) is 12.2. The molecule has 2 amide bonds. The van der Waals surface area contributed by atoms with E-state index in [0.29, 0.717) is 59.2 Å². The molecule has 0 aliphatic carbocycles. The highest BCUT2D eigenvalue weighted by molar-refractivity contribution is 5.97. The summed E-state index contributed by atoms with van der Waals surface area (Å²) < 4.78 is 3.57. The number of carbonyl (C=O) groups excluding carboxylic acids is 2. The average molecular weight is 898 g/mol. The number of aliphatic carboxylic acids is 1. The number of phenols is 2. The maximum absolute atomic E-state index is 13.2. The molecule has 20 nitrogen and oxygen atoms in total. The standard InChI is InChI=1S/C46H51N13O7/c1-25(2)32-21-33(37(61)22-36(32)60)42-54-55-46(66)59(42)31-8-10-35-28(20-31)15-19-57(35)16-12-26-13-17-58(18-14-26)38(62)11-9-34(44(64)65)51-43(63)27-4-6-30(7-5-27)56(3)24-29-23-49-41-39(50-29)40(47)52-45(48)53-41/h4-8,10,15,19-23,25-26,34,60-61H,9,11-14,16-18,24H2,1-3H3,(H,51,63)(H,55,66)(H,64,65)(H4,47,48,49,52,53)/t34-/m0/s1. The first-order valence-corrected chi connectivity index (χ1v) is 21.6. The first kappa shape index (κ1) is 44.6. The first-order chi connectivity index (χ1) is 31.6. The Morgan fingerprint density at radius 1 is 0.970 bits per heavy atom. The van der Waals surface area contributed by atoms with Gasteiger partial charge < -0.3 is 46.5 Å². The van der Waals surface area contributed by atoms with Crippen LogP contribution in [0.2, 0.25) is 0 Å². The molecule has 1 atom stereocenters. The number of hydrogen-bond acceptors (Lipinski definition) is 14. The van der Waals surface area contributed by atoms with Gasteiger partial charge in [0.1, 0.15) is 17.5 Å². The number of carboxylic acids is 1. The number of H-pyrrole nitrogens is 1. The van der Waals surface area contributed by atoms with Crippen LogP contribution in [-0.4, -0.2) is 103 Å². The second-order valence-electron chi connectivity index (χ2n) is 16.9. The van der Waals surface area contributed by atoms with E-state index in [-0.39, 0.29) is 59.3 Å². The topological polar surface area (TPSA) is 290 Å². The Labute approximate surface area is 377 Å². The van der Waals surface area contributed by atoms with E-state index in [0.717, 1.165) is 42.4 Å². The van der Waals surface area contributed by atoms with Crippen molar-refractivity contribution in [2.45, 2.75) is 71.0 Å². The van der Waals surface area contributed by atoms with Crippen molar-refractivity contribution in [1.82, 2.24) is 49.5 Å². The molecule has 20 heteroatoms. The Bertz CT molecular complexity index is 3010. The molecule has 9 N–H and O–H groups in total. The molecule has 0 radical (unpaired) electrons. The SMILES string of the molecule is CC(C)c1cc(-c2n[nH]c(=O)n2-c2ccc3c(ccn3CCC3CCN(C(=O)CC[C@H](NC(=O)c4ccc(N(C)Cc5cnc6nc(N)nc(N)c6n5)cc4)C(=O)O)CC3)c2)c(O)cc1O. The third-order valence-corrected chi connectivity index (χ3v) is 12.2. The van der Waals surface area contributed by atoms with Crippen molar-refractivity contribution >= 4 is 57.3 Å². The van der Waals surface area contributed by atoms with E-state index >= 15 is 0 Å². The Kier molecular flexibility index (Phi) is 12.6. The zero-order valence-electron chi connectivity index (χ0n) is 36.7. The molecule has 3 aromatic carbocycles. The number of aromatic nitrogens is 8. The maximum atomic E-state index is 13.2. The number of nitrogens with one attached hydrogen (secondary N) is 2. The third kappa shape index (κ3) is 9.42. The summed E-state index contributed by atoms with van der Waals surface area (Å²) in [6, 6.07) is 16.0. The summed E-state index contributed by atoms with van der Waals surface area (Å²) in [6.45, 7) is 6.08. The summed E-state index contributed by atoms with van der Waals surface area (Å²) in [4.78, 5) is 72.0. The molecule has 1 fully saturated rings. The molecule has 0 unspecified atom stereocenters. The number of hydrogen-bond donors (Lipinski definition) is 7. The van der Waals surface area contributed by atoms with Crippen molar-refractivity contribution in [1.29, 1.82) is 0 Å². The quantitative estimate of drug-likeness (QED) is 0.0743. The Balaban J connectivity index is 0.806. The predicted octanol–water partition coefficient (Wildman–Crippen LogP) is 4.54. The van der Waals surface area contributed by atoms with Gasteiger partial charge in [0.05, 0.1) is 29.7 Å². The number of carbonyl (C=O) groups is 3. The Morgan fingerprint density at radius 2 is 1.73 bits per heavy atom. The number of likely N-dealkylation sites (tertiary alicyclic amines) is 1. The van der Waals surface area contributed by atoms with E-state index in [4.69, 9.17) is 11.5 Å². The van der Waals surface area contributed by atoms with E-state index in [1.54, 1.807) is 41.4 Å². The summed E-state index contributed by atoms with van der Waals surface area (Å²) in [5.74, 6) is -1.45.